The van der Waals surface area contributed by atoms with E-state index < -0.39 is 6.09 Å². The molecule has 5 aromatic rings. The molecular weight excluding hydrogens is 500 g/mol. The van der Waals surface area contributed by atoms with E-state index in [1.165, 1.54) is 22.8 Å². The number of amides is 2. The molecule has 2 amide bonds. The minimum atomic E-state index is -0.409. The Balaban J connectivity index is 0.000000244. The molecule has 1 aliphatic rings. The summed E-state index contributed by atoms with van der Waals surface area (Å²) >= 11 is 1.46. The molecule has 38 heavy (non-hydrogen) atoms. The lowest BCUT2D eigenvalue weighted by atomic mass is 10.1. The third-order valence-electron chi connectivity index (χ3n) is 5.84. The fourth-order valence-electron chi connectivity index (χ4n) is 4.18. The van der Waals surface area contributed by atoms with Crippen molar-refractivity contribution in [2.24, 2.45) is 0 Å². The molecule has 0 radical (unpaired) electrons. The van der Waals surface area contributed by atoms with Crippen molar-refractivity contribution in [3.8, 4) is 17.0 Å². The molecule has 3 heterocycles. The van der Waals surface area contributed by atoms with Crippen LogP contribution < -0.4 is 15.4 Å². The average Bonchev–Trinajstić information content (AvgIpc) is 3.51. The second-order valence-corrected chi connectivity index (χ2v) is 9.53. The number of hydrogen-bond donors (Lipinski definition) is 2. The third-order valence-corrected chi connectivity index (χ3v) is 6.95. The fraction of sp³-hybridized carbons (Fsp3) is 0.103. The number of thiazole rings is 1. The van der Waals surface area contributed by atoms with Gasteiger partial charge in [-0.05, 0) is 30.7 Å². The van der Waals surface area contributed by atoms with Gasteiger partial charge in [0.1, 0.15) is 11.4 Å². The number of aromatic nitrogens is 2. The number of carbonyl (C=O) groups is 3. The molecule has 1 aliphatic heterocycles. The first-order valence-corrected chi connectivity index (χ1v) is 12.8. The zero-order valence-electron chi connectivity index (χ0n) is 20.7. The van der Waals surface area contributed by atoms with Gasteiger partial charge in [0.25, 0.3) is 5.91 Å². The first kappa shape index (κ1) is 24.9. The zero-order valence-corrected chi connectivity index (χ0v) is 21.5. The Labute approximate surface area is 222 Å². The maximum absolute atomic E-state index is 12.9. The topological polar surface area (TPSA) is 102 Å². The van der Waals surface area contributed by atoms with Crippen LogP contribution in [0.4, 0.5) is 15.6 Å². The standard InChI is InChI=1S/C22H19N3O2S.C7H5NO2/c1-3-19-20(15-9-5-4-6-10-15)23-22(28-19)24-21(27)18-13-16-11-7-8-12-17(16)25(18)14(2)26;9-7-8-5-2-1-3-6(4-5)10-7/h4-13H,3H2,1-2H3,(H,23,24,27);1-4H,(H,8,9). The Hall–Kier alpha value is -4.76. The van der Waals surface area contributed by atoms with Gasteiger partial charge in [-0.25, -0.2) is 9.78 Å². The van der Waals surface area contributed by atoms with Crippen LogP contribution >= 0.6 is 11.3 Å². The zero-order chi connectivity index (χ0) is 26.6. The molecule has 0 saturated carbocycles. The number of ether oxygens (including phenoxy) is 1. The molecule has 190 valence electrons. The van der Waals surface area contributed by atoms with Crippen molar-refractivity contribution in [1.82, 2.24) is 9.55 Å². The summed E-state index contributed by atoms with van der Waals surface area (Å²) in [5, 5.41) is 6.77. The quantitative estimate of drug-likeness (QED) is 0.268. The molecule has 2 N–H and O–H groups in total. The van der Waals surface area contributed by atoms with Crippen LogP contribution in [0.15, 0.2) is 84.9 Å². The Morgan fingerprint density at radius 1 is 1.00 bits per heavy atom. The predicted octanol–water partition coefficient (Wildman–Crippen LogP) is 6.85. The summed E-state index contributed by atoms with van der Waals surface area (Å²) in [5.41, 5.74) is 3.72. The van der Waals surface area contributed by atoms with E-state index in [2.05, 4.69) is 22.5 Å². The number of para-hydroxylation sites is 1. The molecule has 2 bridgehead atoms. The molecule has 0 spiro atoms. The smallest absolute Gasteiger partial charge is 0.410 e. The summed E-state index contributed by atoms with van der Waals surface area (Å²) in [6, 6.07) is 26.2. The maximum Gasteiger partial charge on any atom is 0.417 e. The van der Waals surface area contributed by atoms with E-state index in [1.54, 1.807) is 18.2 Å². The van der Waals surface area contributed by atoms with Crippen LogP contribution in [0.2, 0.25) is 0 Å². The maximum atomic E-state index is 12.9. The number of hydrogen-bond acceptors (Lipinski definition) is 6. The van der Waals surface area contributed by atoms with Gasteiger partial charge in [0.2, 0.25) is 5.91 Å². The summed E-state index contributed by atoms with van der Waals surface area (Å²) in [4.78, 5) is 41.5. The van der Waals surface area contributed by atoms with Crippen LogP contribution in [0.25, 0.3) is 22.2 Å². The van der Waals surface area contributed by atoms with E-state index in [1.807, 2.05) is 66.7 Å². The highest BCUT2D eigenvalue weighted by atomic mass is 32.1. The van der Waals surface area contributed by atoms with Gasteiger partial charge in [0, 0.05) is 34.5 Å². The molecule has 0 atom stereocenters. The lowest BCUT2D eigenvalue weighted by molar-refractivity contribution is 0.0916. The van der Waals surface area contributed by atoms with E-state index in [4.69, 9.17) is 4.74 Å². The van der Waals surface area contributed by atoms with Crippen molar-refractivity contribution in [2.45, 2.75) is 20.3 Å². The number of nitrogens with zero attached hydrogens (tertiary/aromatic N) is 2. The minimum Gasteiger partial charge on any atom is -0.410 e. The summed E-state index contributed by atoms with van der Waals surface area (Å²) in [6.45, 7) is 3.52. The summed E-state index contributed by atoms with van der Waals surface area (Å²) in [5.74, 6) is 0.0494. The number of nitrogens with one attached hydrogen (secondary N) is 2. The van der Waals surface area contributed by atoms with E-state index in [0.29, 0.717) is 16.6 Å². The largest absolute Gasteiger partial charge is 0.417 e. The molecule has 8 nitrogen and oxygen atoms in total. The Morgan fingerprint density at radius 3 is 2.50 bits per heavy atom. The van der Waals surface area contributed by atoms with Crippen molar-refractivity contribution < 1.29 is 19.1 Å². The number of fused-ring (bicyclic) bond motifs is 3. The van der Waals surface area contributed by atoms with Gasteiger partial charge in [0.15, 0.2) is 5.13 Å². The van der Waals surface area contributed by atoms with Crippen LogP contribution in [0.1, 0.15) is 34.0 Å². The van der Waals surface area contributed by atoms with Crippen LogP contribution in [-0.4, -0.2) is 27.5 Å². The predicted molar refractivity (Wildman–Crippen MR) is 149 cm³/mol. The van der Waals surface area contributed by atoms with Crippen molar-refractivity contribution >= 4 is 51.0 Å². The van der Waals surface area contributed by atoms with E-state index in [9.17, 15) is 14.4 Å². The summed E-state index contributed by atoms with van der Waals surface area (Å²) < 4.78 is 6.18. The molecular formula is C29H24N4O4S. The van der Waals surface area contributed by atoms with Gasteiger partial charge >= 0.3 is 6.09 Å². The van der Waals surface area contributed by atoms with Crippen molar-refractivity contribution in [1.29, 1.82) is 0 Å². The highest BCUT2D eigenvalue weighted by Gasteiger charge is 2.20. The third kappa shape index (κ3) is 5.18. The van der Waals surface area contributed by atoms with Crippen molar-refractivity contribution in [2.75, 3.05) is 10.6 Å². The first-order valence-electron chi connectivity index (χ1n) is 12.0. The molecule has 3 aromatic carbocycles. The normalized spacial score (nSPS) is 11.7. The monoisotopic (exact) mass is 524 g/mol. The molecule has 6 rings (SSSR count). The first-order chi connectivity index (χ1) is 18.4. The SMILES string of the molecule is CCc1sc(NC(=O)c2cc3ccccc3n2C(C)=O)nc1-c1ccccc1.O=C1Nc2cccc(c2)O1. The highest BCUT2D eigenvalue weighted by molar-refractivity contribution is 7.16. The van der Waals surface area contributed by atoms with Gasteiger partial charge in [-0.2, -0.15) is 0 Å². The van der Waals surface area contributed by atoms with E-state index in [0.717, 1.165) is 39.1 Å². The Morgan fingerprint density at radius 2 is 1.76 bits per heavy atom. The minimum absolute atomic E-state index is 0.204. The molecule has 0 unspecified atom stereocenters. The number of rotatable bonds is 4. The molecule has 0 saturated heterocycles. The lowest BCUT2D eigenvalue weighted by Gasteiger charge is -2.12. The number of carbonyl (C=O) groups excluding carboxylic acids is 3. The number of aryl methyl sites for hydroxylation is 1. The number of benzene rings is 3. The van der Waals surface area contributed by atoms with Crippen LogP contribution in [0, 0.1) is 0 Å². The lowest BCUT2D eigenvalue weighted by Crippen LogP contribution is -2.19. The average molecular weight is 525 g/mol. The van der Waals surface area contributed by atoms with Gasteiger partial charge in [-0.15, -0.1) is 11.3 Å². The van der Waals surface area contributed by atoms with Crippen LogP contribution in [0.5, 0.6) is 5.75 Å². The Bertz CT molecular complexity index is 1630. The van der Waals surface area contributed by atoms with Gasteiger partial charge in [-0.3, -0.25) is 24.8 Å². The van der Waals surface area contributed by atoms with Crippen LogP contribution in [-0.2, 0) is 6.42 Å². The van der Waals surface area contributed by atoms with Gasteiger partial charge in [0.05, 0.1) is 11.2 Å². The molecule has 9 heteroatoms. The summed E-state index contributed by atoms with van der Waals surface area (Å²) in [7, 11) is 0. The molecule has 2 aromatic heterocycles. The number of anilines is 2. The van der Waals surface area contributed by atoms with Crippen molar-refractivity contribution in [3.63, 3.8) is 0 Å². The second kappa shape index (κ2) is 10.7. The van der Waals surface area contributed by atoms with E-state index >= 15 is 0 Å². The van der Waals surface area contributed by atoms with E-state index in [-0.39, 0.29) is 11.8 Å². The summed E-state index contributed by atoms with van der Waals surface area (Å²) in [6.07, 6.45) is 0.416. The van der Waals surface area contributed by atoms with Gasteiger partial charge in [-0.1, -0.05) is 61.5 Å². The highest BCUT2D eigenvalue weighted by Crippen LogP contribution is 2.32. The van der Waals surface area contributed by atoms with Gasteiger partial charge < -0.3 is 4.74 Å². The van der Waals surface area contributed by atoms with Crippen molar-refractivity contribution in [3.05, 3.63) is 95.5 Å². The fourth-order valence-corrected chi connectivity index (χ4v) is 5.10. The Kier molecular flexibility index (Phi) is 7.01. The second-order valence-electron chi connectivity index (χ2n) is 8.45. The van der Waals surface area contributed by atoms with Crippen LogP contribution in [0.3, 0.4) is 0 Å². The molecule has 0 fully saturated rings. The molecule has 0 aliphatic carbocycles.